The van der Waals surface area contributed by atoms with Gasteiger partial charge in [0.05, 0.1) is 4.47 Å². The second-order valence-corrected chi connectivity index (χ2v) is 6.80. The van der Waals surface area contributed by atoms with E-state index in [1.807, 2.05) is 39.8 Å². The average Bonchev–Trinajstić information content (AvgIpc) is 2.36. The SMILES string of the molecule is CC(CNC(=O)OC(C)(C)C)NCc1ccc(O)c(Br)c1. The fraction of sp³-hybridized carbons (Fsp3) is 0.533. The minimum absolute atomic E-state index is 0.102. The molecule has 0 spiro atoms. The van der Waals surface area contributed by atoms with Gasteiger partial charge >= 0.3 is 6.09 Å². The number of halogens is 1. The summed E-state index contributed by atoms with van der Waals surface area (Å²) in [6.07, 6.45) is -0.413. The Hall–Kier alpha value is -1.27. The molecule has 0 aliphatic rings. The van der Waals surface area contributed by atoms with Crippen LogP contribution in [-0.2, 0) is 11.3 Å². The number of phenolic OH excluding ortho intramolecular Hbond substituents is 1. The Morgan fingerprint density at radius 2 is 2.10 bits per heavy atom. The zero-order valence-corrected chi connectivity index (χ0v) is 14.5. The molecule has 1 atom stereocenters. The van der Waals surface area contributed by atoms with Gasteiger partial charge in [-0.15, -0.1) is 0 Å². The summed E-state index contributed by atoms with van der Waals surface area (Å²) in [5, 5.41) is 15.4. The van der Waals surface area contributed by atoms with E-state index in [-0.39, 0.29) is 11.8 Å². The van der Waals surface area contributed by atoms with Crippen molar-refractivity contribution in [1.29, 1.82) is 0 Å². The highest BCUT2D eigenvalue weighted by Crippen LogP contribution is 2.24. The normalized spacial score (nSPS) is 12.8. The third-order valence-electron chi connectivity index (χ3n) is 2.62. The molecular weight excluding hydrogens is 336 g/mol. The lowest BCUT2D eigenvalue weighted by atomic mass is 10.2. The molecule has 0 fully saturated rings. The lowest BCUT2D eigenvalue weighted by Crippen LogP contribution is -2.40. The first kappa shape index (κ1) is 17.8. The quantitative estimate of drug-likeness (QED) is 0.755. The number of ether oxygens (including phenoxy) is 1. The maximum atomic E-state index is 11.5. The first-order valence-electron chi connectivity index (χ1n) is 6.85. The van der Waals surface area contributed by atoms with Crippen molar-refractivity contribution in [1.82, 2.24) is 10.6 Å². The van der Waals surface area contributed by atoms with Crippen molar-refractivity contribution in [2.45, 2.75) is 45.9 Å². The Kier molecular flexibility index (Phi) is 6.48. The standard InChI is InChI=1S/C15H23BrN2O3/c1-10(8-18-14(20)21-15(2,3)4)17-9-11-5-6-13(19)12(16)7-11/h5-7,10,17,19H,8-9H2,1-4H3,(H,18,20). The van der Waals surface area contributed by atoms with Crippen LogP contribution in [0.2, 0.25) is 0 Å². The minimum Gasteiger partial charge on any atom is -0.507 e. The van der Waals surface area contributed by atoms with E-state index in [1.54, 1.807) is 6.07 Å². The fourth-order valence-corrected chi connectivity index (χ4v) is 2.00. The Balaban J connectivity index is 2.32. The van der Waals surface area contributed by atoms with Crippen molar-refractivity contribution < 1.29 is 14.6 Å². The number of carbonyl (C=O) groups is 1. The number of rotatable bonds is 5. The predicted octanol–water partition coefficient (Wildman–Crippen LogP) is 3.16. The van der Waals surface area contributed by atoms with E-state index in [0.717, 1.165) is 5.56 Å². The largest absolute Gasteiger partial charge is 0.507 e. The molecule has 3 N–H and O–H groups in total. The minimum atomic E-state index is -0.487. The number of hydrogen-bond donors (Lipinski definition) is 3. The van der Waals surface area contributed by atoms with E-state index in [0.29, 0.717) is 17.6 Å². The Morgan fingerprint density at radius 3 is 2.67 bits per heavy atom. The van der Waals surface area contributed by atoms with E-state index in [2.05, 4.69) is 26.6 Å². The molecule has 0 bridgehead atoms. The number of amides is 1. The number of phenols is 1. The molecule has 0 aromatic heterocycles. The number of benzene rings is 1. The second kappa shape index (κ2) is 7.66. The monoisotopic (exact) mass is 358 g/mol. The fourth-order valence-electron chi connectivity index (χ4n) is 1.58. The Morgan fingerprint density at radius 1 is 1.43 bits per heavy atom. The molecule has 1 rings (SSSR count). The summed E-state index contributed by atoms with van der Waals surface area (Å²) in [5.41, 5.74) is 0.558. The first-order chi connectivity index (χ1) is 9.67. The van der Waals surface area contributed by atoms with Gasteiger partial charge in [0.1, 0.15) is 11.4 Å². The lowest BCUT2D eigenvalue weighted by Gasteiger charge is -2.21. The molecule has 0 aliphatic heterocycles. The maximum absolute atomic E-state index is 11.5. The van der Waals surface area contributed by atoms with E-state index >= 15 is 0 Å². The molecule has 0 aliphatic carbocycles. The molecule has 118 valence electrons. The van der Waals surface area contributed by atoms with Gasteiger partial charge in [-0.3, -0.25) is 0 Å². The van der Waals surface area contributed by atoms with Crippen molar-refractivity contribution in [3.63, 3.8) is 0 Å². The van der Waals surface area contributed by atoms with Crippen molar-refractivity contribution >= 4 is 22.0 Å². The van der Waals surface area contributed by atoms with E-state index in [9.17, 15) is 9.90 Å². The molecule has 0 saturated carbocycles. The number of carbonyl (C=O) groups excluding carboxylic acids is 1. The van der Waals surface area contributed by atoms with E-state index in [1.165, 1.54) is 0 Å². The topological polar surface area (TPSA) is 70.6 Å². The average molecular weight is 359 g/mol. The van der Waals surface area contributed by atoms with Crippen LogP contribution >= 0.6 is 15.9 Å². The molecule has 21 heavy (non-hydrogen) atoms. The number of aromatic hydroxyl groups is 1. The van der Waals surface area contributed by atoms with Crippen LogP contribution in [0.25, 0.3) is 0 Å². The molecule has 0 heterocycles. The summed E-state index contributed by atoms with van der Waals surface area (Å²) in [5.74, 6) is 0.221. The summed E-state index contributed by atoms with van der Waals surface area (Å²) in [4.78, 5) is 11.5. The van der Waals surface area contributed by atoms with Crippen LogP contribution in [-0.4, -0.2) is 29.4 Å². The summed E-state index contributed by atoms with van der Waals surface area (Å²) >= 11 is 3.28. The molecule has 5 nitrogen and oxygen atoms in total. The number of hydrogen-bond acceptors (Lipinski definition) is 4. The van der Waals surface area contributed by atoms with Gasteiger partial charge in [0.2, 0.25) is 0 Å². The van der Waals surface area contributed by atoms with Gasteiger partial charge in [-0.25, -0.2) is 4.79 Å². The Labute approximate surface area is 134 Å². The third kappa shape index (κ3) is 7.34. The molecule has 1 aromatic carbocycles. The lowest BCUT2D eigenvalue weighted by molar-refractivity contribution is 0.0523. The summed E-state index contributed by atoms with van der Waals surface area (Å²) in [6, 6.07) is 5.45. The summed E-state index contributed by atoms with van der Waals surface area (Å²) in [7, 11) is 0. The van der Waals surface area contributed by atoms with Crippen molar-refractivity contribution in [3.8, 4) is 5.75 Å². The third-order valence-corrected chi connectivity index (χ3v) is 3.25. The maximum Gasteiger partial charge on any atom is 0.407 e. The van der Waals surface area contributed by atoms with Crippen LogP contribution in [0.4, 0.5) is 4.79 Å². The molecule has 0 saturated heterocycles. The molecule has 1 amide bonds. The van der Waals surface area contributed by atoms with Gasteiger partial charge in [-0.2, -0.15) is 0 Å². The smallest absolute Gasteiger partial charge is 0.407 e. The molecule has 6 heteroatoms. The molecule has 1 aromatic rings. The zero-order chi connectivity index (χ0) is 16.0. The van der Waals surface area contributed by atoms with Crippen LogP contribution in [0.15, 0.2) is 22.7 Å². The van der Waals surface area contributed by atoms with Crippen LogP contribution in [0.1, 0.15) is 33.3 Å². The molecule has 0 radical (unpaired) electrons. The Bertz CT molecular complexity index is 486. The molecule has 1 unspecified atom stereocenters. The second-order valence-electron chi connectivity index (χ2n) is 5.95. The van der Waals surface area contributed by atoms with Gasteiger partial charge in [-0.05, 0) is 61.3 Å². The highest BCUT2D eigenvalue weighted by atomic mass is 79.9. The van der Waals surface area contributed by atoms with Crippen molar-refractivity contribution in [3.05, 3.63) is 28.2 Å². The van der Waals surface area contributed by atoms with E-state index < -0.39 is 11.7 Å². The van der Waals surface area contributed by atoms with Gasteiger partial charge in [0.25, 0.3) is 0 Å². The van der Waals surface area contributed by atoms with Gasteiger partial charge in [-0.1, -0.05) is 6.07 Å². The van der Waals surface area contributed by atoms with E-state index in [4.69, 9.17) is 4.74 Å². The van der Waals surface area contributed by atoms with Gasteiger partial charge in [0, 0.05) is 19.1 Å². The van der Waals surface area contributed by atoms with Crippen LogP contribution in [0.5, 0.6) is 5.75 Å². The number of alkyl carbamates (subject to hydrolysis) is 1. The van der Waals surface area contributed by atoms with Crippen LogP contribution < -0.4 is 10.6 Å². The van der Waals surface area contributed by atoms with Crippen LogP contribution in [0.3, 0.4) is 0 Å². The highest BCUT2D eigenvalue weighted by molar-refractivity contribution is 9.10. The summed E-state index contributed by atoms with van der Waals surface area (Å²) < 4.78 is 5.84. The highest BCUT2D eigenvalue weighted by Gasteiger charge is 2.16. The first-order valence-corrected chi connectivity index (χ1v) is 7.64. The van der Waals surface area contributed by atoms with Crippen molar-refractivity contribution in [2.75, 3.05) is 6.54 Å². The summed E-state index contributed by atoms with van der Waals surface area (Å²) in [6.45, 7) is 8.60. The zero-order valence-electron chi connectivity index (χ0n) is 12.9. The molecular formula is C15H23BrN2O3. The van der Waals surface area contributed by atoms with Gasteiger partial charge < -0.3 is 20.5 Å². The number of nitrogens with one attached hydrogen (secondary N) is 2. The van der Waals surface area contributed by atoms with Crippen LogP contribution in [0, 0.1) is 0 Å². The predicted molar refractivity (Wildman–Crippen MR) is 86.3 cm³/mol. The van der Waals surface area contributed by atoms with Gasteiger partial charge in [0.15, 0.2) is 0 Å². The van der Waals surface area contributed by atoms with Crippen molar-refractivity contribution in [2.24, 2.45) is 0 Å².